The fourth-order valence-electron chi connectivity index (χ4n) is 1.97. The second-order valence-electron chi connectivity index (χ2n) is 4.77. The van der Waals surface area contributed by atoms with Gasteiger partial charge in [0, 0.05) is 5.75 Å². The van der Waals surface area contributed by atoms with E-state index in [4.69, 9.17) is 9.47 Å². The van der Waals surface area contributed by atoms with Gasteiger partial charge in [-0.25, -0.2) is 9.59 Å². The van der Waals surface area contributed by atoms with Gasteiger partial charge in [-0.05, 0) is 49.1 Å². The van der Waals surface area contributed by atoms with E-state index in [0.29, 0.717) is 23.5 Å². The van der Waals surface area contributed by atoms with Crippen molar-refractivity contribution in [3.05, 3.63) is 65.2 Å². The predicted molar refractivity (Wildman–Crippen MR) is 91.0 cm³/mol. The van der Waals surface area contributed by atoms with Crippen molar-refractivity contribution in [1.29, 1.82) is 0 Å². The summed E-state index contributed by atoms with van der Waals surface area (Å²) in [7, 11) is 0. The van der Waals surface area contributed by atoms with Crippen LogP contribution in [0.2, 0.25) is 0 Å². The van der Waals surface area contributed by atoms with Crippen LogP contribution in [0.4, 0.5) is 0 Å². The van der Waals surface area contributed by atoms with Gasteiger partial charge in [-0.3, -0.25) is 0 Å². The maximum absolute atomic E-state index is 12.1. The molecule has 0 spiro atoms. The number of esters is 2. The molecule has 0 aliphatic heterocycles. The minimum absolute atomic E-state index is 0.297. The van der Waals surface area contributed by atoms with Crippen LogP contribution in [0.15, 0.2) is 48.5 Å². The summed E-state index contributed by atoms with van der Waals surface area (Å²) < 4.78 is 10.2. The molecule has 0 amide bonds. The maximum Gasteiger partial charge on any atom is 0.343 e. The summed E-state index contributed by atoms with van der Waals surface area (Å²) in [4.78, 5) is 23.8. The number of ether oxygens (including phenoxy) is 2. The molecule has 2 aromatic carbocycles. The van der Waals surface area contributed by atoms with Crippen molar-refractivity contribution in [2.45, 2.75) is 12.7 Å². The molecule has 0 N–H and O–H groups in total. The van der Waals surface area contributed by atoms with Crippen molar-refractivity contribution in [2.75, 3.05) is 12.9 Å². The molecule has 5 heteroatoms. The van der Waals surface area contributed by atoms with E-state index in [1.807, 2.05) is 18.4 Å². The zero-order chi connectivity index (χ0) is 16.7. The summed E-state index contributed by atoms with van der Waals surface area (Å²) >= 11 is 1.72. The molecule has 0 fully saturated rings. The van der Waals surface area contributed by atoms with Crippen molar-refractivity contribution in [3.8, 4) is 5.75 Å². The first-order valence-electron chi connectivity index (χ1n) is 7.21. The first-order chi connectivity index (χ1) is 11.1. The number of hydrogen-bond acceptors (Lipinski definition) is 5. The Kier molecular flexibility index (Phi) is 6.23. The lowest BCUT2D eigenvalue weighted by molar-refractivity contribution is 0.0524. The molecule has 0 saturated heterocycles. The number of hydrogen-bond donors (Lipinski definition) is 0. The molecular weight excluding hydrogens is 312 g/mol. The van der Waals surface area contributed by atoms with Crippen molar-refractivity contribution >= 4 is 23.7 Å². The number of carbonyl (C=O) groups excluding carboxylic acids is 2. The molecule has 0 atom stereocenters. The van der Waals surface area contributed by atoms with Crippen molar-refractivity contribution in [2.24, 2.45) is 0 Å². The van der Waals surface area contributed by atoms with Gasteiger partial charge < -0.3 is 9.47 Å². The lowest BCUT2D eigenvalue weighted by Gasteiger charge is -2.07. The van der Waals surface area contributed by atoms with Gasteiger partial charge in [0.1, 0.15) is 5.75 Å². The Balaban J connectivity index is 2.07. The third kappa shape index (κ3) is 4.86. The lowest BCUT2D eigenvalue weighted by atomic mass is 10.1. The van der Waals surface area contributed by atoms with Gasteiger partial charge in [-0.1, -0.05) is 18.2 Å². The summed E-state index contributed by atoms with van der Waals surface area (Å²) in [5, 5.41) is 0. The fourth-order valence-corrected chi connectivity index (χ4v) is 2.50. The van der Waals surface area contributed by atoms with Crippen LogP contribution in [0, 0.1) is 0 Å². The van der Waals surface area contributed by atoms with E-state index in [9.17, 15) is 9.59 Å². The van der Waals surface area contributed by atoms with E-state index in [-0.39, 0.29) is 0 Å². The normalized spacial score (nSPS) is 10.2. The molecule has 2 aromatic rings. The standard InChI is InChI=1S/C18H18O4S/c1-3-21-17(19)15-5-4-6-16(11-15)22-18(20)14-9-7-13(8-10-14)12-23-2/h4-11H,3,12H2,1-2H3. The third-order valence-electron chi connectivity index (χ3n) is 3.06. The molecule has 0 aliphatic rings. The molecule has 2 rings (SSSR count). The van der Waals surface area contributed by atoms with Gasteiger partial charge >= 0.3 is 11.9 Å². The van der Waals surface area contributed by atoms with Gasteiger partial charge in [0.05, 0.1) is 17.7 Å². The highest BCUT2D eigenvalue weighted by atomic mass is 32.2. The zero-order valence-electron chi connectivity index (χ0n) is 13.1. The van der Waals surface area contributed by atoms with Gasteiger partial charge in [0.15, 0.2) is 0 Å². The average Bonchev–Trinajstić information content (AvgIpc) is 2.56. The van der Waals surface area contributed by atoms with E-state index >= 15 is 0 Å². The highest BCUT2D eigenvalue weighted by molar-refractivity contribution is 7.97. The van der Waals surface area contributed by atoms with E-state index in [0.717, 1.165) is 11.3 Å². The minimum atomic E-state index is -0.457. The lowest BCUT2D eigenvalue weighted by Crippen LogP contribution is -2.10. The summed E-state index contributed by atoms with van der Waals surface area (Å²) in [5.74, 6) is 0.318. The van der Waals surface area contributed by atoms with Gasteiger partial charge in [-0.15, -0.1) is 0 Å². The van der Waals surface area contributed by atoms with Crippen molar-refractivity contribution in [1.82, 2.24) is 0 Å². The maximum atomic E-state index is 12.1. The summed E-state index contributed by atoms with van der Waals surface area (Å²) in [6.45, 7) is 2.04. The Morgan fingerprint density at radius 2 is 1.74 bits per heavy atom. The summed E-state index contributed by atoms with van der Waals surface area (Å²) in [6.07, 6.45) is 2.03. The molecule has 23 heavy (non-hydrogen) atoms. The van der Waals surface area contributed by atoms with E-state index in [2.05, 4.69) is 0 Å². The van der Waals surface area contributed by atoms with Crippen LogP contribution in [0.3, 0.4) is 0 Å². The van der Waals surface area contributed by atoms with E-state index in [1.54, 1.807) is 49.0 Å². The zero-order valence-corrected chi connectivity index (χ0v) is 13.9. The molecule has 0 radical (unpaired) electrons. The Bertz CT molecular complexity index is 680. The fraction of sp³-hybridized carbons (Fsp3) is 0.222. The number of benzene rings is 2. The monoisotopic (exact) mass is 330 g/mol. The summed E-state index contributed by atoms with van der Waals surface area (Å²) in [6, 6.07) is 13.7. The SMILES string of the molecule is CCOC(=O)c1cccc(OC(=O)c2ccc(CSC)cc2)c1. The van der Waals surface area contributed by atoms with Crippen LogP contribution in [-0.4, -0.2) is 24.8 Å². The highest BCUT2D eigenvalue weighted by Crippen LogP contribution is 2.17. The van der Waals surface area contributed by atoms with Gasteiger partial charge in [0.2, 0.25) is 0 Å². The third-order valence-corrected chi connectivity index (χ3v) is 3.68. The molecule has 0 bridgehead atoms. The first kappa shape index (κ1) is 17.1. The molecule has 4 nitrogen and oxygen atoms in total. The van der Waals surface area contributed by atoms with Gasteiger partial charge in [0.25, 0.3) is 0 Å². The Hall–Kier alpha value is -2.27. The van der Waals surface area contributed by atoms with E-state index < -0.39 is 11.9 Å². The quantitative estimate of drug-likeness (QED) is 0.593. The van der Waals surface area contributed by atoms with Crippen LogP contribution in [0.25, 0.3) is 0 Å². The molecular formula is C18H18O4S. The molecule has 0 saturated carbocycles. The van der Waals surface area contributed by atoms with E-state index in [1.165, 1.54) is 6.07 Å². The minimum Gasteiger partial charge on any atom is -0.462 e. The van der Waals surface area contributed by atoms with Crippen LogP contribution < -0.4 is 4.74 Å². The molecule has 0 aromatic heterocycles. The smallest absolute Gasteiger partial charge is 0.343 e. The van der Waals surface area contributed by atoms with Crippen molar-refractivity contribution in [3.63, 3.8) is 0 Å². The molecule has 0 unspecified atom stereocenters. The molecule has 0 aliphatic carbocycles. The topological polar surface area (TPSA) is 52.6 Å². The predicted octanol–water partition coefficient (Wildman–Crippen LogP) is 3.95. The van der Waals surface area contributed by atoms with Gasteiger partial charge in [-0.2, -0.15) is 11.8 Å². The average molecular weight is 330 g/mol. The summed E-state index contributed by atoms with van der Waals surface area (Å²) in [5.41, 5.74) is 1.97. The van der Waals surface area contributed by atoms with Crippen LogP contribution in [0.5, 0.6) is 5.75 Å². The highest BCUT2D eigenvalue weighted by Gasteiger charge is 2.11. The largest absolute Gasteiger partial charge is 0.462 e. The van der Waals surface area contributed by atoms with Crippen LogP contribution >= 0.6 is 11.8 Å². The second-order valence-corrected chi connectivity index (χ2v) is 5.63. The molecule has 120 valence electrons. The number of carbonyl (C=O) groups is 2. The Morgan fingerprint density at radius 3 is 2.39 bits per heavy atom. The Labute approximate surface area is 139 Å². The van der Waals surface area contributed by atoms with Crippen LogP contribution in [0.1, 0.15) is 33.2 Å². The van der Waals surface area contributed by atoms with Crippen LogP contribution in [-0.2, 0) is 10.5 Å². The second kappa shape index (κ2) is 8.39. The number of thioether (sulfide) groups is 1. The number of rotatable bonds is 6. The van der Waals surface area contributed by atoms with Crippen molar-refractivity contribution < 1.29 is 19.1 Å². The Morgan fingerprint density at radius 1 is 1.00 bits per heavy atom. The first-order valence-corrected chi connectivity index (χ1v) is 8.60. The molecule has 0 heterocycles.